The van der Waals surface area contributed by atoms with Crippen LogP contribution in [0.15, 0.2) is 0 Å². The van der Waals surface area contributed by atoms with Crippen molar-refractivity contribution in [3.05, 3.63) is 0 Å². The SMILES string of the molecule is CCCC(C)N1CC(=O)N2CCCCC2C1=O. The maximum Gasteiger partial charge on any atom is 0.246 e. The van der Waals surface area contributed by atoms with Gasteiger partial charge >= 0.3 is 0 Å². The fourth-order valence-corrected chi connectivity index (χ4v) is 2.94. The third-order valence-electron chi connectivity index (χ3n) is 3.94. The monoisotopic (exact) mass is 238 g/mol. The van der Waals surface area contributed by atoms with E-state index in [9.17, 15) is 9.59 Å². The molecule has 2 amide bonds. The molecular weight excluding hydrogens is 216 g/mol. The number of piperidine rings is 1. The van der Waals surface area contributed by atoms with Gasteiger partial charge in [0.2, 0.25) is 11.8 Å². The van der Waals surface area contributed by atoms with Gasteiger partial charge in [0, 0.05) is 12.6 Å². The summed E-state index contributed by atoms with van der Waals surface area (Å²) in [5.74, 6) is 0.308. The Morgan fingerprint density at radius 2 is 2.12 bits per heavy atom. The minimum Gasteiger partial charge on any atom is -0.329 e. The predicted molar refractivity (Wildman–Crippen MR) is 65.4 cm³/mol. The van der Waals surface area contributed by atoms with Crippen LogP contribution in [0.1, 0.15) is 46.0 Å². The van der Waals surface area contributed by atoms with Crippen LogP contribution in [-0.4, -0.2) is 46.8 Å². The predicted octanol–water partition coefficient (Wildman–Crippen LogP) is 1.40. The Balaban J connectivity index is 2.11. The third-order valence-corrected chi connectivity index (χ3v) is 3.94. The molecule has 0 N–H and O–H groups in total. The first-order valence-corrected chi connectivity index (χ1v) is 6.75. The minimum atomic E-state index is -0.163. The van der Waals surface area contributed by atoms with Crippen LogP contribution in [0.4, 0.5) is 0 Å². The summed E-state index contributed by atoms with van der Waals surface area (Å²) in [7, 11) is 0. The Bertz CT molecular complexity index is 317. The lowest BCUT2D eigenvalue weighted by molar-refractivity contribution is -0.159. The summed E-state index contributed by atoms with van der Waals surface area (Å²) in [5, 5.41) is 0. The molecule has 2 aliphatic rings. The average Bonchev–Trinajstić information content (AvgIpc) is 2.34. The molecule has 0 aromatic rings. The molecule has 2 aliphatic heterocycles. The molecule has 0 radical (unpaired) electrons. The highest BCUT2D eigenvalue weighted by Gasteiger charge is 2.41. The van der Waals surface area contributed by atoms with Gasteiger partial charge in [0.25, 0.3) is 0 Å². The van der Waals surface area contributed by atoms with Crippen LogP contribution in [0.5, 0.6) is 0 Å². The number of fused-ring (bicyclic) bond motifs is 1. The van der Waals surface area contributed by atoms with E-state index in [-0.39, 0.29) is 30.4 Å². The van der Waals surface area contributed by atoms with E-state index in [0.717, 1.165) is 38.6 Å². The Kier molecular flexibility index (Phi) is 3.69. The zero-order valence-electron chi connectivity index (χ0n) is 10.8. The highest BCUT2D eigenvalue weighted by Crippen LogP contribution is 2.24. The molecule has 2 saturated heterocycles. The van der Waals surface area contributed by atoms with Crippen molar-refractivity contribution in [3.63, 3.8) is 0 Å². The summed E-state index contributed by atoms with van der Waals surface area (Å²) in [6, 6.07) is 0.0323. The lowest BCUT2D eigenvalue weighted by Crippen LogP contribution is -2.62. The lowest BCUT2D eigenvalue weighted by atomic mass is 9.97. The fraction of sp³-hybridized carbons (Fsp3) is 0.846. The quantitative estimate of drug-likeness (QED) is 0.745. The normalized spacial score (nSPS) is 27.1. The van der Waals surface area contributed by atoms with Gasteiger partial charge in [0.15, 0.2) is 0 Å². The molecule has 4 nitrogen and oxygen atoms in total. The largest absolute Gasteiger partial charge is 0.329 e. The maximum atomic E-state index is 12.4. The molecule has 96 valence electrons. The maximum absolute atomic E-state index is 12.4. The van der Waals surface area contributed by atoms with Gasteiger partial charge < -0.3 is 9.80 Å². The fourth-order valence-electron chi connectivity index (χ4n) is 2.94. The Labute approximate surface area is 103 Å². The van der Waals surface area contributed by atoms with Crippen molar-refractivity contribution in [3.8, 4) is 0 Å². The molecule has 2 rings (SSSR count). The summed E-state index contributed by atoms with van der Waals surface area (Å²) in [4.78, 5) is 28.0. The number of piperazine rings is 1. The summed E-state index contributed by atoms with van der Waals surface area (Å²) >= 11 is 0. The van der Waals surface area contributed by atoms with E-state index in [1.54, 1.807) is 9.80 Å². The van der Waals surface area contributed by atoms with E-state index >= 15 is 0 Å². The molecule has 0 saturated carbocycles. The molecule has 2 atom stereocenters. The van der Waals surface area contributed by atoms with Gasteiger partial charge in [-0.15, -0.1) is 0 Å². The van der Waals surface area contributed by atoms with Gasteiger partial charge in [0.1, 0.15) is 12.6 Å². The Morgan fingerprint density at radius 3 is 2.82 bits per heavy atom. The standard InChI is InChI=1S/C13H22N2O2/c1-3-6-10(2)15-9-12(16)14-8-5-4-7-11(14)13(15)17/h10-11H,3-9H2,1-2H3. The second-order valence-corrected chi connectivity index (χ2v) is 5.20. The van der Waals surface area contributed by atoms with Crippen LogP contribution < -0.4 is 0 Å². The first kappa shape index (κ1) is 12.4. The smallest absolute Gasteiger partial charge is 0.246 e. The molecular formula is C13H22N2O2. The number of carbonyl (C=O) groups is 2. The van der Waals surface area contributed by atoms with Crippen molar-refractivity contribution in [1.82, 2.24) is 9.80 Å². The average molecular weight is 238 g/mol. The van der Waals surface area contributed by atoms with Crippen molar-refractivity contribution in [2.24, 2.45) is 0 Å². The minimum absolute atomic E-state index is 0.136. The van der Waals surface area contributed by atoms with Crippen molar-refractivity contribution in [1.29, 1.82) is 0 Å². The molecule has 0 aliphatic carbocycles. The number of amides is 2. The van der Waals surface area contributed by atoms with E-state index in [2.05, 4.69) is 6.92 Å². The number of hydrogen-bond donors (Lipinski definition) is 0. The van der Waals surface area contributed by atoms with Crippen LogP contribution in [0.2, 0.25) is 0 Å². The summed E-state index contributed by atoms with van der Waals surface area (Å²) in [5.41, 5.74) is 0. The number of hydrogen-bond acceptors (Lipinski definition) is 2. The molecule has 0 spiro atoms. The number of rotatable bonds is 3. The van der Waals surface area contributed by atoms with Crippen molar-refractivity contribution < 1.29 is 9.59 Å². The van der Waals surface area contributed by atoms with Gasteiger partial charge in [-0.05, 0) is 32.6 Å². The van der Waals surface area contributed by atoms with Crippen molar-refractivity contribution in [2.45, 2.75) is 58.0 Å². The highest BCUT2D eigenvalue weighted by atomic mass is 16.2. The van der Waals surface area contributed by atoms with E-state index in [1.807, 2.05) is 6.92 Å². The number of carbonyl (C=O) groups excluding carboxylic acids is 2. The van der Waals surface area contributed by atoms with Gasteiger partial charge in [-0.1, -0.05) is 13.3 Å². The third kappa shape index (κ3) is 2.31. The van der Waals surface area contributed by atoms with Gasteiger partial charge in [-0.3, -0.25) is 9.59 Å². The molecule has 0 aromatic heterocycles. The molecule has 0 bridgehead atoms. The van der Waals surface area contributed by atoms with Crippen LogP contribution in [-0.2, 0) is 9.59 Å². The Morgan fingerprint density at radius 1 is 1.35 bits per heavy atom. The highest BCUT2D eigenvalue weighted by molar-refractivity contribution is 5.95. The molecule has 2 heterocycles. The molecule has 17 heavy (non-hydrogen) atoms. The number of nitrogens with zero attached hydrogens (tertiary/aromatic N) is 2. The van der Waals surface area contributed by atoms with Gasteiger partial charge in [0.05, 0.1) is 0 Å². The first-order chi connectivity index (χ1) is 8.15. The van der Waals surface area contributed by atoms with Crippen LogP contribution in [0.25, 0.3) is 0 Å². The second-order valence-electron chi connectivity index (χ2n) is 5.20. The summed E-state index contributed by atoms with van der Waals surface area (Å²) in [6.45, 7) is 5.22. The second kappa shape index (κ2) is 5.07. The van der Waals surface area contributed by atoms with E-state index in [1.165, 1.54) is 0 Å². The summed E-state index contributed by atoms with van der Waals surface area (Å²) in [6.07, 6.45) is 4.98. The molecule has 0 aromatic carbocycles. The van der Waals surface area contributed by atoms with E-state index in [0.29, 0.717) is 0 Å². The van der Waals surface area contributed by atoms with Crippen LogP contribution in [0.3, 0.4) is 0 Å². The molecule has 2 fully saturated rings. The van der Waals surface area contributed by atoms with Crippen LogP contribution >= 0.6 is 0 Å². The topological polar surface area (TPSA) is 40.6 Å². The lowest BCUT2D eigenvalue weighted by Gasteiger charge is -2.44. The zero-order valence-corrected chi connectivity index (χ0v) is 10.8. The Hall–Kier alpha value is -1.06. The van der Waals surface area contributed by atoms with Gasteiger partial charge in [-0.25, -0.2) is 0 Å². The van der Waals surface area contributed by atoms with E-state index in [4.69, 9.17) is 0 Å². The van der Waals surface area contributed by atoms with Gasteiger partial charge in [-0.2, -0.15) is 0 Å². The first-order valence-electron chi connectivity index (χ1n) is 6.75. The van der Waals surface area contributed by atoms with E-state index < -0.39 is 0 Å². The van der Waals surface area contributed by atoms with Crippen molar-refractivity contribution >= 4 is 11.8 Å². The zero-order chi connectivity index (χ0) is 12.4. The molecule has 2 unspecified atom stereocenters. The van der Waals surface area contributed by atoms with Crippen LogP contribution in [0, 0.1) is 0 Å². The molecule has 4 heteroatoms. The summed E-state index contributed by atoms with van der Waals surface area (Å²) < 4.78 is 0. The van der Waals surface area contributed by atoms with Crippen molar-refractivity contribution in [2.75, 3.05) is 13.1 Å².